The molecule has 1 heterocycles. The molecule has 0 unspecified atom stereocenters. The van der Waals surface area contributed by atoms with E-state index in [1.807, 2.05) is 26.0 Å². The Morgan fingerprint density at radius 3 is 2.71 bits per heavy atom. The lowest BCUT2D eigenvalue weighted by Crippen LogP contribution is -2.33. The number of carbonyl (C=O) groups excluding carboxylic acids is 1. The minimum absolute atomic E-state index is 0.0644. The van der Waals surface area contributed by atoms with Crippen LogP contribution in [0.3, 0.4) is 0 Å². The molecule has 3 rings (SSSR count). The first-order chi connectivity index (χ1) is 8.12. The van der Waals surface area contributed by atoms with Crippen molar-refractivity contribution in [3.8, 4) is 0 Å². The first-order valence-corrected chi connectivity index (χ1v) is 6.20. The Morgan fingerprint density at radius 1 is 1.35 bits per heavy atom. The lowest BCUT2D eigenvalue weighted by atomic mass is 9.99. The summed E-state index contributed by atoms with van der Waals surface area (Å²) in [5.74, 6) is 0. The van der Waals surface area contributed by atoms with Gasteiger partial charge < -0.3 is 4.74 Å². The molecule has 17 heavy (non-hydrogen) atoms. The van der Waals surface area contributed by atoms with Crippen LogP contribution in [0.2, 0.25) is 0 Å². The van der Waals surface area contributed by atoms with Crippen LogP contribution in [0.5, 0.6) is 0 Å². The van der Waals surface area contributed by atoms with E-state index in [1.54, 1.807) is 4.90 Å². The molecule has 90 valence electrons. The zero-order chi connectivity index (χ0) is 12.0. The fourth-order valence-corrected chi connectivity index (χ4v) is 2.64. The van der Waals surface area contributed by atoms with E-state index in [0.717, 1.165) is 12.2 Å². The smallest absolute Gasteiger partial charge is 0.414 e. The molecule has 0 N–H and O–H groups in total. The summed E-state index contributed by atoms with van der Waals surface area (Å²) >= 11 is 0. The van der Waals surface area contributed by atoms with Gasteiger partial charge in [-0.25, -0.2) is 4.79 Å². The first kappa shape index (κ1) is 10.6. The van der Waals surface area contributed by atoms with Gasteiger partial charge in [0.05, 0.1) is 11.8 Å². The summed E-state index contributed by atoms with van der Waals surface area (Å²) in [6.45, 7) is 4.55. The Labute approximate surface area is 101 Å². The van der Waals surface area contributed by atoms with E-state index in [-0.39, 0.29) is 17.6 Å². The summed E-state index contributed by atoms with van der Waals surface area (Å²) in [7, 11) is 0. The van der Waals surface area contributed by atoms with Gasteiger partial charge in [0.1, 0.15) is 0 Å². The van der Waals surface area contributed by atoms with E-state index in [9.17, 15) is 4.79 Å². The zero-order valence-corrected chi connectivity index (χ0v) is 10.3. The second-order valence-electron chi connectivity index (χ2n) is 5.32. The molecule has 0 bridgehead atoms. The molecule has 1 aliphatic heterocycles. The molecular weight excluding hydrogens is 214 g/mol. The number of ether oxygens (including phenoxy) is 1. The molecule has 0 aromatic heterocycles. The quantitative estimate of drug-likeness (QED) is 0.743. The van der Waals surface area contributed by atoms with Gasteiger partial charge in [-0.1, -0.05) is 18.2 Å². The van der Waals surface area contributed by atoms with Crippen LogP contribution in [-0.2, 0) is 10.2 Å². The van der Waals surface area contributed by atoms with E-state index in [4.69, 9.17) is 4.74 Å². The standard InChI is InChI=1S/C14H17NO2/c1-10(2)17-13(16)15-9-14(7-8-14)11-5-3-4-6-12(11)15/h3-6,10H,7-9H2,1-2H3. The maximum Gasteiger partial charge on any atom is 0.414 e. The van der Waals surface area contributed by atoms with Crippen molar-refractivity contribution in [1.29, 1.82) is 0 Å². The predicted octanol–water partition coefficient (Wildman–Crippen LogP) is 3.08. The number of anilines is 1. The number of nitrogens with zero attached hydrogens (tertiary/aromatic N) is 1. The molecular formula is C14H17NO2. The Kier molecular flexibility index (Phi) is 2.18. The minimum Gasteiger partial charge on any atom is -0.446 e. The summed E-state index contributed by atoms with van der Waals surface area (Å²) < 4.78 is 5.30. The summed E-state index contributed by atoms with van der Waals surface area (Å²) in [4.78, 5) is 13.8. The predicted molar refractivity (Wildman–Crippen MR) is 66.3 cm³/mol. The lowest BCUT2D eigenvalue weighted by molar-refractivity contribution is 0.122. The highest BCUT2D eigenvalue weighted by molar-refractivity contribution is 5.92. The van der Waals surface area contributed by atoms with Crippen molar-refractivity contribution in [3.05, 3.63) is 29.8 Å². The lowest BCUT2D eigenvalue weighted by Gasteiger charge is -2.19. The number of benzene rings is 1. The number of fused-ring (bicyclic) bond motifs is 2. The topological polar surface area (TPSA) is 29.5 Å². The van der Waals surface area contributed by atoms with Gasteiger partial charge in [0.2, 0.25) is 0 Å². The fraction of sp³-hybridized carbons (Fsp3) is 0.500. The second kappa shape index (κ2) is 3.49. The van der Waals surface area contributed by atoms with E-state index in [0.29, 0.717) is 0 Å². The summed E-state index contributed by atoms with van der Waals surface area (Å²) in [5.41, 5.74) is 2.60. The highest BCUT2D eigenvalue weighted by Gasteiger charge is 2.53. The van der Waals surface area contributed by atoms with Crippen molar-refractivity contribution >= 4 is 11.8 Å². The van der Waals surface area contributed by atoms with Gasteiger partial charge in [-0.2, -0.15) is 0 Å². The second-order valence-corrected chi connectivity index (χ2v) is 5.32. The van der Waals surface area contributed by atoms with Gasteiger partial charge in [-0.3, -0.25) is 4.90 Å². The first-order valence-electron chi connectivity index (χ1n) is 6.20. The average molecular weight is 231 g/mol. The highest BCUT2D eigenvalue weighted by atomic mass is 16.6. The van der Waals surface area contributed by atoms with Crippen LogP contribution in [0.1, 0.15) is 32.3 Å². The number of rotatable bonds is 1. The van der Waals surface area contributed by atoms with Crippen molar-refractivity contribution in [2.45, 2.75) is 38.2 Å². The van der Waals surface area contributed by atoms with Crippen molar-refractivity contribution in [3.63, 3.8) is 0 Å². The summed E-state index contributed by atoms with van der Waals surface area (Å²) in [6, 6.07) is 8.20. The van der Waals surface area contributed by atoms with Crippen LogP contribution in [0.25, 0.3) is 0 Å². The Bertz CT molecular complexity index is 463. The van der Waals surface area contributed by atoms with Gasteiger partial charge >= 0.3 is 6.09 Å². The largest absolute Gasteiger partial charge is 0.446 e. The molecule has 1 aromatic carbocycles. The third-order valence-corrected chi connectivity index (χ3v) is 3.64. The zero-order valence-electron chi connectivity index (χ0n) is 10.3. The third kappa shape index (κ3) is 1.61. The minimum atomic E-state index is -0.212. The van der Waals surface area contributed by atoms with Crippen LogP contribution in [0.15, 0.2) is 24.3 Å². The van der Waals surface area contributed by atoms with Crippen LogP contribution in [0.4, 0.5) is 10.5 Å². The molecule has 1 aromatic rings. The Hall–Kier alpha value is -1.51. The molecule has 0 radical (unpaired) electrons. The Balaban J connectivity index is 1.92. The summed E-state index contributed by atoms with van der Waals surface area (Å²) in [5, 5.41) is 0. The summed E-state index contributed by atoms with van der Waals surface area (Å²) in [6.07, 6.45) is 2.10. The van der Waals surface area contributed by atoms with E-state index in [1.165, 1.54) is 18.4 Å². The van der Waals surface area contributed by atoms with Gasteiger partial charge in [0, 0.05) is 12.0 Å². The molecule has 0 saturated heterocycles. The molecule has 1 saturated carbocycles. The van der Waals surface area contributed by atoms with Crippen LogP contribution in [-0.4, -0.2) is 18.7 Å². The van der Waals surface area contributed by atoms with E-state index < -0.39 is 0 Å². The van der Waals surface area contributed by atoms with Crippen molar-refractivity contribution < 1.29 is 9.53 Å². The van der Waals surface area contributed by atoms with Gasteiger partial charge in [0.15, 0.2) is 0 Å². The maximum absolute atomic E-state index is 12.0. The van der Waals surface area contributed by atoms with Crippen molar-refractivity contribution in [2.75, 3.05) is 11.4 Å². The number of carbonyl (C=O) groups is 1. The van der Waals surface area contributed by atoms with Crippen LogP contribution >= 0.6 is 0 Å². The van der Waals surface area contributed by atoms with Crippen LogP contribution in [0, 0.1) is 0 Å². The molecule has 2 aliphatic rings. The average Bonchev–Trinajstić information content (AvgIpc) is 2.97. The fourth-order valence-electron chi connectivity index (χ4n) is 2.64. The van der Waals surface area contributed by atoms with Gasteiger partial charge in [0.25, 0.3) is 0 Å². The SMILES string of the molecule is CC(C)OC(=O)N1CC2(CC2)c2ccccc21. The van der Waals surface area contributed by atoms with E-state index >= 15 is 0 Å². The van der Waals surface area contributed by atoms with Crippen molar-refractivity contribution in [1.82, 2.24) is 0 Å². The van der Waals surface area contributed by atoms with Crippen molar-refractivity contribution in [2.24, 2.45) is 0 Å². The molecule has 1 amide bonds. The normalized spacial score (nSPS) is 19.6. The van der Waals surface area contributed by atoms with Gasteiger partial charge in [-0.15, -0.1) is 0 Å². The molecule has 1 fully saturated rings. The number of hydrogen-bond acceptors (Lipinski definition) is 2. The molecule has 1 spiro atoms. The monoisotopic (exact) mass is 231 g/mol. The highest BCUT2D eigenvalue weighted by Crippen LogP contribution is 2.56. The third-order valence-electron chi connectivity index (χ3n) is 3.64. The maximum atomic E-state index is 12.0. The molecule has 3 heteroatoms. The molecule has 0 atom stereocenters. The number of hydrogen-bond donors (Lipinski definition) is 0. The Morgan fingerprint density at radius 2 is 2.06 bits per heavy atom. The van der Waals surface area contributed by atoms with E-state index in [2.05, 4.69) is 12.1 Å². The molecule has 3 nitrogen and oxygen atoms in total. The number of amides is 1. The molecule has 1 aliphatic carbocycles. The number of para-hydroxylation sites is 1. The van der Waals surface area contributed by atoms with Gasteiger partial charge in [-0.05, 0) is 38.3 Å². The van der Waals surface area contributed by atoms with Crippen LogP contribution < -0.4 is 4.90 Å².